The number of hydrogen-bond donors (Lipinski definition) is 1. The maximum absolute atomic E-state index is 12.6. The average molecular weight is 374 g/mol. The van der Waals surface area contributed by atoms with Gasteiger partial charge in [0.2, 0.25) is 0 Å². The number of rotatable bonds is 5. The van der Waals surface area contributed by atoms with Crippen LogP contribution < -0.4 is 9.46 Å². The lowest BCUT2D eigenvalue weighted by Crippen LogP contribution is -2.32. The van der Waals surface area contributed by atoms with Crippen molar-refractivity contribution in [1.29, 1.82) is 0 Å². The summed E-state index contributed by atoms with van der Waals surface area (Å²) in [6, 6.07) is 11.5. The number of carbonyl (C=O) groups excluding carboxylic acids is 1. The molecule has 1 heterocycles. The number of anilines is 1. The monoisotopic (exact) mass is 374 g/mol. The van der Waals surface area contributed by atoms with Gasteiger partial charge in [0.25, 0.3) is 15.9 Å². The Morgan fingerprint density at radius 2 is 1.85 bits per heavy atom. The Balaban J connectivity index is 1.89. The van der Waals surface area contributed by atoms with Crippen LogP contribution in [-0.2, 0) is 16.4 Å². The largest absolute Gasteiger partial charge is 0.491 e. The molecule has 3 rings (SSSR count). The molecule has 0 spiro atoms. The topological polar surface area (TPSA) is 75.7 Å². The van der Waals surface area contributed by atoms with Gasteiger partial charge in [-0.05, 0) is 49.2 Å². The van der Waals surface area contributed by atoms with E-state index in [0.717, 1.165) is 12.0 Å². The Hall–Kier alpha value is -2.54. The van der Waals surface area contributed by atoms with Crippen molar-refractivity contribution in [2.45, 2.75) is 25.2 Å². The van der Waals surface area contributed by atoms with Gasteiger partial charge in [-0.3, -0.25) is 9.52 Å². The first-order valence-corrected chi connectivity index (χ1v) is 10.1. The lowest BCUT2D eigenvalue weighted by atomic mass is 10.1. The van der Waals surface area contributed by atoms with Gasteiger partial charge in [0.15, 0.2) is 0 Å². The van der Waals surface area contributed by atoms with Crippen molar-refractivity contribution in [2.75, 3.05) is 24.4 Å². The van der Waals surface area contributed by atoms with Crippen LogP contribution in [0.15, 0.2) is 47.4 Å². The third-order valence-corrected chi connectivity index (χ3v) is 5.79. The Kier molecular flexibility index (Phi) is 5.18. The minimum atomic E-state index is -3.73. The van der Waals surface area contributed by atoms with Crippen molar-refractivity contribution in [2.24, 2.45) is 0 Å². The number of sulfonamides is 1. The van der Waals surface area contributed by atoms with Gasteiger partial charge in [-0.1, -0.05) is 19.1 Å². The molecule has 26 heavy (non-hydrogen) atoms. The maximum Gasteiger partial charge on any atom is 0.261 e. The van der Waals surface area contributed by atoms with Crippen molar-refractivity contribution in [3.05, 3.63) is 53.6 Å². The number of aryl methyl sites for hydroxylation is 1. The van der Waals surface area contributed by atoms with Gasteiger partial charge < -0.3 is 9.64 Å². The van der Waals surface area contributed by atoms with Gasteiger partial charge in [-0.15, -0.1) is 0 Å². The Labute approximate surface area is 153 Å². The zero-order valence-electron chi connectivity index (χ0n) is 14.9. The van der Waals surface area contributed by atoms with E-state index >= 15 is 0 Å². The number of benzene rings is 2. The molecule has 6 nitrogen and oxygen atoms in total. The number of hydrogen-bond acceptors (Lipinski definition) is 4. The molecule has 138 valence electrons. The number of carbonyl (C=O) groups is 1. The summed E-state index contributed by atoms with van der Waals surface area (Å²) in [5.74, 6) is 0.314. The fraction of sp³-hybridized carbons (Fsp3) is 0.316. The molecule has 0 saturated heterocycles. The first-order chi connectivity index (χ1) is 12.4. The molecule has 0 radical (unpaired) electrons. The Morgan fingerprint density at radius 3 is 2.50 bits per heavy atom. The van der Waals surface area contributed by atoms with E-state index in [1.807, 2.05) is 13.8 Å². The highest BCUT2D eigenvalue weighted by molar-refractivity contribution is 7.92. The summed E-state index contributed by atoms with van der Waals surface area (Å²) in [5, 5.41) is 0. The molecular formula is C19H22N2O4S. The Bertz CT molecular complexity index is 908. The second kappa shape index (κ2) is 7.37. The molecule has 1 N–H and O–H groups in total. The highest BCUT2D eigenvalue weighted by Gasteiger charge is 2.23. The van der Waals surface area contributed by atoms with Crippen molar-refractivity contribution < 1.29 is 17.9 Å². The molecule has 0 atom stereocenters. The molecule has 1 aliphatic rings. The lowest BCUT2D eigenvalue weighted by molar-refractivity contribution is 0.0765. The highest BCUT2D eigenvalue weighted by Crippen LogP contribution is 2.27. The zero-order chi connectivity index (χ0) is 18.7. The van der Waals surface area contributed by atoms with Gasteiger partial charge in [0, 0.05) is 12.2 Å². The van der Waals surface area contributed by atoms with E-state index in [4.69, 9.17) is 4.74 Å². The van der Waals surface area contributed by atoms with Gasteiger partial charge in [0.05, 0.1) is 17.0 Å². The van der Waals surface area contributed by atoms with Crippen LogP contribution in [0, 0.1) is 0 Å². The van der Waals surface area contributed by atoms with Crippen LogP contribution in [-0.4, -0.2) is 38.9 Å². The lowest BCUT2D eigenvalue weighted by Gasteiger charge is -2.17. The minimum Gasteiger partial charge on any atom is -0.491 e. The summed E-state index contributed by atoms with van der Waals surface area (Å²) in [6.07, 6.45) is 0.842. The summed E-state index contributed by atoms with van der Waals surface area (Å²) in [6.45, 7) is 5.41. The SMILES string of the molecule is CCc1ccc(S(=O)(=O)Nc2ccc3c(c2)C(=O)N(CC)CCO3)cc1. The molecule has 0 bridgehead atoms. The molecule has 0 aliphatic carbocycles. The number of nitrogens with zero attached hydrogens (tertiary/aromatic N) is 1. The molecule has 2 aromatic rings. The highest BCUT2D eigenvalue weighted by atomic mass is 32.2. The summed E-state index contributed by atoms with van der Waals surface area (Å²) < 4.78 is 33.4. The van der Waals surface area contributed by atoms with E-state index in [1.165, 1.54) is 6.07 Å². The molecule has 0 fully saturated rings. The summed E-state index contributed by atoms with van der Waals surface area (Å²) >= 11 is 0. The summed E-state index contributed by atoms with van der Waals surface area (Å²) in [7, 11) is -3.73. The van der Waals surface area contributed by atoms with Crippen LogP contribution in [0.3, 0.4) is 0 Å². The molecule has 0 saturated carbocycles. The summed E-state index contributed by atoms with van der Waals surface area (Å²) in [4.78, 5) is 14.5. The normalized spacial score (nSPS) is 14.4. The van der Waals surface area contributed by atoms with E-state index in [-0.39, 0.29) is 10.8 Å². The summed E-state index contributed by atoms with van der Waals surface area (Å²) in [5.41, 5.74) is 1.76. The van der Waals surface area contributed by atoms with Gasteiger partial charge >= 0.3 is 0 Å². The second-order valence-corrected chi connectivity index (χ2v) is 7.73. The Morgan fingerprint density at radius 1 is 1.12 bits per heavy atom. The number of fused-ring (bicyclic) bond motifs is 1. The first-order valence-electron chi connectivity index (χ1n) is 8.62. The van der Waals surface area contributed by atoms with Gasteiger partial charge in [-0.2, -0.15) is 0 Å². The minimum absolute atomic E-state index is 0.159. The molecular weight excluding hydrogens is 352 g/mol. The molecule has 1 amide bonds. The van der Waals surface area contributed by atoms with Crippen molar-refractivity contribution in [1.82, 2.24) is 4.90 Å². The fourth-order valence-corrected chi connectivity index (χ4v) is 3.89. The number of likely N-dealkylation sites (N-methyl/N-ethyl adjacent to an activating group) is 1. The van der Waals surface area contributed by atoms with Gasteiger partial charge in [-0.25, -0.2) is 8.42 Å². The van der Waals surface area contributed by atoms with E-state index in [2.05, 4.69) is 4.72 Å². The smallest absolute Gasteiger partial charge is 0.261 e. The van der Waals surface area contributed by atoms with Crippen LogP contribution in [0.5, 0.6) is 5.75 Å². The predicted molar refractivity (Wildman–Crippen MR) is 100 cm³/mol. The standard InChI is InChI=1S/C19H22N2O4S/c1-3-14-5-8-16(9-6-14)26(23,24)20-15-7-10-18-17(13-15)19(22)21(4-2)11-12-25-18/h5-10,13,20H,3-4,11-12H2,1-2H3. The van der Waals surface area contributed by atoms with E-state index in [1.54, 1.807) is 41.3 Å². The van der Waals surface area contributed by atoms with Crippen molar-refractivity contribution >= 4 is 21.6 Å². The molecule has 0 aromatic heterocycles. The third-order valence-electron chi connectivity index (χ3n) is 4.39. The maximum atomic E-state index is 12.6. The van der Waals surface area contributed by atoms with E-state index < -0.39 is 10.0 Å². The van der Waals surface area contributed by atoms with Crippen molar-refractivity contribution in [3.63, 3.8) is 0 Å². The third kappa shape index (κ3) is 3.67. The molecule has 2 aromatic carbocycles. The zero-order valence-corrected chi connectivity index (χ0v) is 15.7. The average Bonchev–Trinajstić information content (AvgIpc) is 2.80. The predicted octanol–water partition coefficient (Wildman–Crippen LogP) is 2.90. The molecule has 1 aliphatic heterocycles. The van der Waals surface area contributed by atoms with Crippen LogP contribution >= 0.6 is 0 Å². The molecule has 0 unspecified atom stereocenters. The van der Waals surface area contributed by atoms with Crippen molar-refractivity contribution in [3.8, 4) is 5.75 Å². The fourth-order valence-electron chi connectivity index (χ4n) is 2.84. The number of nitrogens with one attached hydrogen (secondary N) is 1. The van der Waals surface area contributed by atoms with Crippen LogP contribution in [0.2, 0.25) is 0 Å². The van der Waals surface area contributed by atoms with Crippen LogP contribution in [0.4, 0.5) is 5.69 Å². The van der Waals surface area contributed by atoms with Crippen LogP contribution in [0.25, 0.3) is 0 Å². The molecule has 7 heteroatoms. The second-order valence-electron chi connectivity index (χ2n) is 6.05. The van der Waals surface area contributed by atoms with Gasteiger partial charge in [0.1, 0.15) is 12.4 Å². The van der Waals surface area contributed by atoms with E-state index in [9.17, 15) is 13.2 Å². The first kappa shape index (κ1) is 18.3. The van der Waals surface area contributed by atoms with E-state index in [0.29, 0.717) is 36.7 Å². The number of amides is 1. The number of ether oxygens (including phenoxy) is 1. The van der Waals surface area contributed by atoms with Crippen LogP contribution in [0.1, 0.15) is 29.8 Å². The quantitative estimate of drug-likeness (QED) is 0.873.